The van der Waals surface area contributed by atoms with Crippen molar-refractivity contribution in [2.45, 2.75) is 43.2 Å². The number of aromatic nitrogens is 2. The van der Waals surface area contributed by atoms with Crippen molar-refractivity contribution in [1.29, 1.82) is 0 Å². The molecule has 0 aliphatic carbocycles. The fourth-order valence-corrected chi connectivity index (χ4v) is 8.00. The second-order valence-corrected chi connectivity index (χ2v) is 14.2. The van der Waals surface area contributed by atoms with Gasteiger partial charge in [0.05, 0.1) is 31.3 Å². The molecule has 0 bridgehead atoms. The van der Waals surface area contributed by atoms with Gasteiger partial charge in [-0.25, -0.2) is 17.8 Å². The summed E-state index contributed by atoms with van der Waals surface area (Å²) >= 11 is 7.20. The molecule has 0 radical (unpaired) electrons. The molecule has 1 aliphatic heterocycles. The summed E-state index contributed by atoms with van der Waals surface area (Å²) in [6.07, 6.45) is 2.64. The van der Waals surface area contributed by atoms with Crippen LogP contribution in [0.25, 0.3) is 21.0 Å². The Morgan fingerprint density at radius 3 is 2.67 bits per heavy atom. The van der Waals surface area contributed by atoms with Crippen molar-refractivity contribution in [2.75, 3.05) is 26.8 Å². The van der Waals surface area contributed by atoms with Crippen LogP contribution in [0.2, 0.25) is 5.02 Å². The zero-order valence-corrected chi connectivity index (χ0v) is 24.8. The lowest BCUT2D eigenvalue weighted by molar-refractivity contribution is -0.140. The van der Waals surface area contributed by atoms with E-state index in [1.807, 2.05) is 0 Å². The number of sulfonamides is 1. The molecule has 0 N–H and O–H groups in total. The summed E-state index contributed by atoms with van der Waals surface area (Å²) in [5.41, 5.74) is 0.384. The first-order valence-corrected chi connectivity index (χ1v) is 15.2. The third-order valence-electron chi connectivity index (χ3n) is 6.49. The van der Waals surface area contributed by atoms with Gasteiger partial charge in [0, 0.05) is 46.9 Å². The summed E-state index contributed by atoms with van der Waals surface area (Å²) in [6.45, 7) is 5.18. The molecule has 0 saturated carbocycles. The van der Waals surface area contributed by atoms with Crippen molar-refractivity contribution < 1.29 is 27.5 Å². The molecule has 1 amide bonds. The van der Waals surface area contributed by atoms with Gasteiger partial charge in [-0.15, -0.1) is 11.3 Å². The summed E-state index contributed by atoms with van der Waals surface area (Å²) < 4.78 is 41.8. The first kappa shape index (κ1) is 28.5. The van der Waals surface area contributed by atoms with Crippen molar-refractivity contribution in [1.82, 2.24) is 18.8 Å². The molecular formula is C27H29ClN4O6S2. The zero-order chi connectivity index (χ0) is 28.8. The van der Waals surface area contributed by atoms with Gasteiger partial charge in [0.25, 0.3) is 10.0 Å². The van der Waals surface area contributed by atoms with E-state index in [0.29, 0.717) is 21.6 Å². The van der Waals surface area contributed by atoms with Gasteiger partial charge in [-0.2, -0.15) is 4.31 Å². The quantitative estimate of drug-likeness (QED) is 0.313. The summed E-state index contributed by atoms with van der Waals surface area (Å²) in [6, 6.07) is 9.69. The Morgan fingerprint density at radius 2 is 1.95 bits per heavy atom. The fourth-order valence-electron chi connectivity index (χ4n) is 4.74. The van der Waals surface area contributed by atoms with Gasteiger partial charge < -0.3 is 14.4 Å². The van der Waals surface area contributed by atoms with Gasteiger partial charge in [0.15, 0.2) is 0 Å². The van der Waals surface area contributed by atoms with Crippen molar-refractivity contribution in [3.8, 4) is 0 Å². The van der Waals surface area contributed by atoms with Crippen molar-refractivity contribution in [3.63, 3.8) is 0 Å². The predicted octanol–water partition coefficient (Wildman–Crippen LogP) is 4.74. The van der Waals surface area contributed by atoms with E-state index in [9.17, 15) is 18.0 Å². The molecule has 1 aromatic carbocycles. The van der Waals surface area contributed by atoms with Crippen molar-refractivity contribution in [2.24, 2.45) is 0 Å². The van der Waals surface area contributed by atoms with Crippen molar-refractivity contribution >= 4 is 66.0 Å². The minimum Gasteiger partial charge on any atom is -0.443 e. The molecular weight excluding hydrogens is 576 g/mol. The number of fused-ring (bicyclic) bond motifs is 2. The molecule has 212 valence electrons. The third-order valence-corrected chi connectivity index (χ3v) is 10.1. The Balaban J connectivity index is 1.45. The average Bonchev–Trinajstić information content (AvgIpc) is 3.46. The number of rotatable bonds is 6. The number of thiophene rings is 1. The highest BCUT2D eigenvalue weighted by atomic mass is 35.5. The van der Waals surface area contributed by atoms with Crippen LogP contribution in [0.5, 0.6) is 0 Å². The van der Waals surface area contributed by atoms with Crippen LogP contribution in [0.4, 0.5) is 4.79 Å². The molecule has 0 spiro atoms. The predicted molar refractivity (Wildman–Crippen MR) is 153 cm³/mol. The molecule has 4 aromatic rings. The van der Waals surface area contributed by atoms with E-state index < -0.39 is 33.7 Å². The number of nitrogens with zero attached hydrogens (tertiary/aromatic N) is 4. The number of halogens is 1. The molecule has 40 heavy (non-hydrogen) atoms. The van der Waals surface area contributed by atoms with E-state index in [0.717, 1.165) is 21.4 Å². The van der Waals surface area contributed by atoms with Gasteiger partial charge >= 0.3 is 6.09 Å². The Labute approximate surface area is 241 Å². The van der Waals surface area contributed by atoms with Crippen LogP contribution in [0.3, 0.4) is 0 Å². The summed E-state index contributed by atoms with van der Waals surface area (Å²) in [5, 5.41) is 1.99. The molecule has 10 nitrogen and oxygen atoms in total. The second kappa shape index (κ2) is 10.7. The number of piperazine rings is 1. The number of pyridine rings is 1. The number of amides is 1. The molecule has 4 heterocycles. The standard InChI is InChI=1S/C27H29ClN4O6S2/c1-27(2,3)38-26(34)32-20(9-18-12-29-8-7-22(18)32)14-31-21(16-37-4)13-30(15-24(31)33)40(35,36)25-10-17-5-6-19(28)11-23(17)39-25/h5-12,21H,13-16H2,1-4H3/t21-/m1/s1. The van der Waals surface area contributed by atoms with Crippen LogP contribution in [0.15, 0.2) is 53.0 Å². The maximum absolute atomic E-state index is 13.6. The Hall–Kier alpha value is -3.03. The molecule has 1 atom stereocenters. The van der Waals surface area contributed by atoms with Crippen LogP contribution < -0.4 is 0 Å². The number of carbonyl (C=O) groups excluding carboxylic acids is 2. The number of methoxy groups -OCH3 is 1. The molecule has 5 rings (SSSR count). The highest BCUT2D eigenvalue weighted by Gasteiger charge is 2.40. The van der Waals surface area contributed by atoms with Crippen LogP contribution >= 0.6 is 22.9 Å². The van der Waals surface area contributed by atoms with Crippen LogP contribution in [0.1, 0.15) is 26.5 Å². The Kier molecular flexibility index (Phi) is 7.66. The van der Waals surface area contributed by atoms with Gasteiger partial charge in [0.2, 0.25) is 5.91 Å². The molecule has 0 unspecified atom stereocenters. The monoisotopic (exact) mass is 604 g/mol. The molecule has 1 aliphatic rings. The maximum Gasteiger partial charge on any atom is 0.419 e. The Morgan fingerprint density at radius 1 is 1.18 bits per heavy atom. The molecule has 1 fully saturated rings. The van der Waals surface area contributed by atoms with E-state index in [1.165, 1.54) is 16.0 Å². The first-order valence-electron chi connectivity index (χ1n) is 12.5. The SMILES string of the molecule is COC[C@H]1CN(S(=O)(=O)c2cc3ccc(Cl)cc3s2)CC(=O)N1Cc1cc2cnccc2n1C(=O)OC(C)(C)C. The van der Waals surface area contributed by atoms with Crippen LogP contribution in [0, 0.1) is 0 Å². The minimum absolute atomic E-state index is 0.0329. The lowest BCUT2D eigenvalue weighted by Gasteiger charge is -2.40. The summed E-state index contributed by atoms with van der Waals surface area (Å²) in [7, 11) is -2.47. The van der Waals surface area contributed by atoms with E-state index in [4.69, 9.17) is 21.1 Å². The number of hydrogen-bond acceptors (Lipinski definition) is 8. The highest BCUT2D eigenvalue weighted by Crippen LogP contribution is 2.34. The van der Waals surface area contributed by atoms with Crippen LogP contribution in [-0.2, 0) is 30.8 Å². The lowest BCUT2D eigenvalue weighted by Crippen LogP contribution is -2.58. The second-order valence-electron chi connectivity index (χ2n) is 10.6. The number of ether oxygens (including phenoxy) is 2. The average molecular weight is 605 g/mol. The van der Waals surface area contributed by atoms with Gasteiger partial charge in [-0.1, -0.05) is 17.7 Å². The van der Waals surface area contributed by atoms with Crippen LogP contribution in [-0.4, -0.2) is 77.6 Å². The number of hydrogen-bond donors (Lipinski definition) is 0. The van der Waals surface area contributed by atoms with Gasteiger partial charge in [-0.05, 0) is 56.5 Å². The van der Waals surface area contributed by atoms with E-state index in [1.54, 1.807) is 74.5 Å². The van der Waals surface area contributed by atoms with Gasteiger partial charge in [-0.3, -0.25) is 9.78 Å². The molecule has 3 aromatic heterocycles. The topological polar surface area (TPSA) is 111 Å². The Bertz CT molecular complexity index is 1710. The smallest absolute Gasteiger partial charge is 0.419 e. The molecule has 13 heteroatoms. The van der Waals surface area contributed by atoms with E-state index >= 15 is 0 Å². The van der Waals surface area contributed by atoms with E-state index in [2.05, 4.69) is 4.98 Å². The van der Waals surface area contributed by atoms with Gasteiger partial charge in [0.1, 0.15) is 9.81 Å². The minimum atomic E-state index is -3.96. The highest BCUT2D eigenvalue weighted by molar-refractivity contribution is 7.91. The van der Waals surface area contributed by atoms with Crippen molar-refractivity contribution in [3.05, 3.63) is 59.5 Å². The maximum atomic E-state index is 13.6. The number of carbonyl (C=O) groups is 2. The summed E-state index contributed by atoms with van der Waals surface area (Å²) in [5.74, 6) is -0.403. The normalized spacial score (nSPS) is 17.2. The first-order chi connectivity index (χ1) is 18.9. The zero-order valence-electron chi connectivity index (χ0n) is 22.5. The third kappa shape index (κ3) is 5.59. The molecule has 1 saturated heterocycles. The summed E-state index contributed by atoms with van der Waals surface area (Å²) in [4.78, 5) is 32.5. The number of benzene rings is 1. The lowest BCUT2D eigenvalue weighted by atomic mass is 10.2. The largest absolute Gasteiger partial charge is 0.443 e. The van der Waals surface area contributed by atoms with E-state index in [-0.39, 0.29) is 30.5 Å². The fraction of sp³-hybridized carbons (Fsp3) is 0.370.